The number of aromatic amines is 1. The number of rotatable bonds is 1. The molecule has 0 atom stereocenters. The first kappa shape index (κ1) is 11.0. The molecule has 4 heteroatoms. The van der Waals surface area contributed by atoms with Gasteiger partial charge in [-0.2, -0.15) is 0 Å². The summed E-state index contributed by atoms with van der Waals surface area (Å²) in [6, 6.07) is 16.4. The van der Waals surface area contributed by atoms with Gasteiger partial charge >= 0.3 is 0 Å². The minimum atomic E-state index is -0.0673. The van der Waals surface area contributed by atoms with E-state index in [1.807, 2.05) is 36.4 Å². The topological polar surface area (TPSA) is 58.9 Å². The molecule has 0 saturated carbocycles. The van der Waals surface area contributed by atoms with Gasteiger partial charge in [-0.15, -0.1) is 0 Å². The van der Waals surface area contributed by atoms with E-state index >= 15 is 0 Å². The van der Waals surface area contributed by atoms with Crippen LogP contribution in [0.1, 0.15) is 0 Å². The molecule has 4 aromatic rings. The lowest BCUT2D eigenvalue weighted by Crippen LogP contribution is -2.00. The van der Waals surface area contributed by atoms with Gasteiger partial charge < -0.3 is 9.40 Å². The fourth-order valence-electron chi connectivity index (χ4n) is 2.29. The highest BCUT2D eigenvalue weighted by Crippen LogP contribution is 2.22. The zero-order valence-electron chi connectivity index (χ0n) is 10.5. The summed E-state index contributed by atoms with van der Waals surface area (Å²) in [5.74, 6) is 1.01. The smallest absolute Gasteiger partial charge is 0.193 e. The minimum Gasteiger partial charge on any atom is -0.453 e. The number of fused-ring (bicyclic) bond motifs is 2. The molecule has 0 saturated heterocycles. The van der Waals surface area contributed by atoms with E-state index in [0.29, 0.717) is 22.6 Å². The van der Waals surface area contributed by atoms with Gasteiger partial charge in [0.15, 0.2) is 17.0 Å². The summed E-state index contributed by atoms with van der Waals surface area (Å²) < 4.78 is 5.76. The zero-order valence-corrected chi connectivity index (χ0v) is 10.5. The maximum absolute atomic E-state index is 12.1. The van der Waals surface area contributed by atoms with Crippen molar-refractivity contribution in [2.45, 2.75) is 0 Å². The molecule has 2 aromatic heterocycles. The molecule has 0 spiro atoms. The van der Waals surface area contributed by atoms with Gasteiger partial charge in [0.05, 0.1) is 16.4 Å². The minimum absolute atomic E-state index is 0.0673. The summed E-state index contributed by atoms with van der Waals surface area (Å²) in [5, 5.41) is 0.576. The Morgan fingerprint density at radius 3 is 2.70 bits per heavy atom. The first-order valence-corrected chi connectivity index (χ1v) is 6.29. The van der Waals surface area contributed by atoms with Crippen molar-refractivity contribution < 1.29 is 4.42 Å². The van der Waals surface area contributed by atoms with Gasteiger partial charge in [0.25, 0.3) is 0 Å². The molecule has 0 fully saturated rings. The molecule has 0 unspecified atom stereocenters. The molecular formula is C16H10N2O2. The molecule has 0 aliphatic heterocycles. The second-order valence-corrected chi connectivity index (χ2v) is 4.57. The third-order valence-corrected chi connectivity index (χ3v) is 3.26. The average molecular weight is 262 g/mol. The van der Waals surface area contributed by atoms with Gasteiger partial charge in [0.2, 0.25) is 0 Å². The molecule has 0 amide bonds. The van der Waals surface area contributed by atoms with E-state index in [0.717, 1.165) is 11.0 Å². The van der Waals surface area contributed by atoms with Gasteiger partial charge in [0, 0.05) is 6.07 Å². The number of hydrogen-bond acceptors (Lipinski definition) is 3. The number of para-hydroxylation sites is 3. The van der Waals surface area contributed by atoms with Crippen LogP contribution in [0.25, 0.3) is 33.6 Å². The van der Waals surface area contributed by atoms with Crippen LogP contribution < -0.4 is 5.43 Å². The van der Waals surface area contributed by atoms with Crippen LogP contribution in [0.3, 0.4) is 0 Å². The highest BCUT2D eigenvalue weighted by Gasteiger charge is 2.10. The molecule has 0 aliphatic carbocycles. The molecule has 2 aromatic carbocycles. The van der Waals surface area contributed by atoms with Crippen LogP contribution in [0.5, 0.6) is 0 Å². The summed E-state index contributed by atoms with van der Waals surface area (Å²) >= 11 is 0. The molecular weight excluding hydrogens is 252 g/mol. The summed E-state index contributed by atoms with van der Waals surface area (Å²) in [6.07, 6.45) is 0. The molecule has 0 radical (unpaired) electrons. The summed E-state index contributed by atoms with van der Waals surface area (Å²) in [7, 11) is 0. The second-order valence-electron chi connectivity index (χ2n) is 4.57. The Balaban J connectivity index is 1.99. The zero-order chi connectivity index (χ0) is 13.5. The number of benzene rings is 2. The Bertz CT molecular complexity index is 949. The van der Waals surface area contributed by atoms with Crippen LogP contribution in [0.2, 0.25) is 0 Å². The third kappa shape index (κ3) is 1.62. The lowest BCUT2D eigenvalue weighted by atomic mass is 10.2. The Hall–Kier alpha value is -2.88. The number of aromatic nitrogens is 2. The number of nitrogens with one attached hydrogen (secondary N) is 1. The van der Waals surface area contributed by atoms with Crippen molar-refractivity contribution in [2.24, 2.45) is 0 Å². The number of imidazole rings is 1. The number of H-pyrrole nitrogens is 1. The number of hydrogen-bond donors (Lipinski definition) is 1. The van der Waals surface area contributed by atoms with Gasteiger partial charge in [-0.05, 0) is 24.3 Å². The molecule has 2 heterocycles. The van der Waals surface area contributed by atoms with Crippen LogP contribution >= 0.6 is 0 Å². The first-order chi connectivity index (χ1) is 9.81. The highest BCUT2D eigenvalue weighted by molar-refractivity contribution is 5.81. The lowest BCUT2D eigenvalue weighted by molar-refractivity contribution is 0.614. The monoisotopic (exact) mass is 262 g/mol. The molecule has 0 aliphatic rings. The van der Waals surface area contributed by atoms with Crippen LogP contribution in [0.15, 0.2) is 63.8 Å². The SMILES string of the molecule is O=c1cc(-c2nc3ccccc3[nH]2)oc2ccccc12. The second kappa shape index (κ2) is 4.06. The van der Waals surface area contributed by atoms with Crippen LogP contribution in [-0.2, 0) is 0 Å². The van der Waals surface area contributed by atoms with Crippen molar-refractivity contribution in [3.63, 3.8) is 0 Å². The lowest BCUT2D eigenvalue weighted by Gasteiger charge is -1.99. The Kier molecular flexibility index (Phi) is 2.23. The van der Waals surface area contributed by atoms with Gasteiger partial charge in [-0.3, -0.25) is 4.79 Å². The van der Waals surface area contributed by atoms with Crippen molar-refractivity contribution in [3.05, 3.63) is 64.8 Å². The van der Waals surface area contributed by atoms with Gasteiger partial charge in [-0.1, -0.05) is 24.3 Å². The van der Waals surface area contributed by atoms with Crippen molar-refractivity contribution >= 4 is 22.0 Å². The van der Waals surface area contributed by atoms with Gasteiger partial charge in [-0.25, -0.2) is 4.98 Å². The predicted molar refractivity (Wildman–Crippen MR) is 77.6 cm³/mol. The maximum atomic E-state index is 12.1. The molecule has 0 bridgehead atoms. The summed E-state index contributed by atoms with van der Waals surface area (Å²) in [6.45, 7) is 0. The summed E-state index contributed by atoms with van der Waals surface area (Å²) in [5.41, 5.74) is 2.26. The van der Waals surface area contributed by atoms with E-state index in [-0.39, 0.29) is 5.43 Å². The predicted octanol–water partition coefficient (Wildman–Crippen LogP) is 3.34. The van der Waals surface area contributed by atoms with Gasteiger partial charge in [0.1, 0.15) is 5.58 Å². The third-order valence-electron chi connectivity index (χ3n) is 3.26. The molecule has 20 heavy (non-hydrogen) atoms. The molecule has 4 nitrogen and oxygen atoms in total. The van der Waals surface area contributed by atoms with E-state index in [1.54, 1.807) is 12.1 Å². The molecule has 4 rings (SSSR count). The van der Waals surface area contributed by atoms with E-state index in [1.165, 1.54) is 6.07 Å². The first-order valence-electron chi connectivity index (χ1n) is 6.29. The fraction of sp³-hybridized carbons (Fsp3) is 0. The number of nitrogens with zero attached hydrogens (tertiary/aromatic N) is 1. The maximum Gasteiger partial charge on any atom is 0.193 e. The van der Waals surface area contributed by atoms with Crippen molar-refractivity contribution in [3.8, 4) is 11.6 Å². The Morgan fingerprint density at radius 2 is 1.80 bits per heavy atom. The normalized spacial score (nSPS) is 11.2. The van der Waals surface area contributed by atoms with E-state index in [9.17, 15) is 4.79 Å². The standard InChI is InChI=1S/C16H10N2O2/c19-13-9-15(20-14-8-4-1-5-10(13)14)16-17-11-6-2-3-7-12(11)18-16/h1-9H,(H,17,18). The average Bonchev–Trinajstić information content (AvgIpc) is 2.91. The van der Waals surface area contributed by atoms with Crippen LogP contribution in [0, 0.1) is 0 Å². The van der Waals surface area contributed by atoms with Crippen molar-refractivity contribution in [2.75, 3.05) is 0 Å². The fourth-order valence-corrected chi connectivity index (χ4v) is 2.29. The van der Waals surface area contributed by atoms with Crippen LogP contribution in [0.4, 0.5) is 0 Å². The van der Waals surface area contributed by atoms with E-state index < -0.39 is 0 Å². The van der Waals surface area contributed by atoms with E-state index in [4.69, 9.17) is 4.42 Å². The largest absolute Gasteiger partial charge is 0.453 e. The van der Waals surface area contributed by atoms with E-state index in [2.05, 4.69) is 9.97 Å². The van der Waals surface area contributed by atoms with Crippen molar-refractivity contribution in [1.82, 2.24) is 9.97 Å². The Labute approximate surface area is 113 Å². The Morgan fingerprint density at radius 1 is 1.00 bits per heavy atom. The quantitative estimate of drug-likeness (QED) is 0.572. The molecule has 1 N–H and O–H groups in total. The highest BCUT2D eigenvalue weighted by atomic mass is 16.3. The molecule has 96 valence electrons. The van der Waals surface area contributed by atoms with Crippen molar-refractivity contribution in [1.29, 1.82) is 0 Å². The summed E-state index contributed by atoms with van der Waals surface area (Å²) in [4.78, 5) is 19.7. The van der Waals surface area contributed by atoms with Crippen LogP contribution in [-0.4, -0.2) is 9.97 Å².